The highest BCUT2D eigenvalue weighted by molar-refractivity contribution is 6.48. The molecule has 2 aliphatic carbocycles. The number of ketones is 2. The molecule has 0 aromatic carbocycles. The fourth-order valence-electron chi connectivity index (χ4n) is 4.28. The Labute approximate surface area is 118 Å². The van der Waals surface area contributed by atoms with Crippen LogP contribution in [0.15, 0.2) is 0 Å². The van der Waals surface area contributed by atoms with Gasteiger partial charge in [0.25, 0.3) is 0 Å². The first-order valence-corrected chi connectivity index (χ1v) is 7.25. The van der Waals surface area contributed by atoms with Gasteiger partial charge in [-0.2, -0.15) is 0 Å². The first-order chi connectivity index (χ1) is 9.29. The number of amides is 1. The molecule has 1 amide bonds. The van der Waals surface area contributed by atoms with Gasteiger partial charge in [0.15, 0.2) is 0 Å². The molecule has 0 unspecified atom stereocenters. The van der Waals surface area contributed by atoms with Crippen molar-refractivity contribution < 1.29 is 19.1 Å². The third-order valence-corrected chi connectivity index (χ3v) is 6.20. The summed E-state index contributed by atoms with van der Waals surface area (Å²) in [6.07, 6.45) is 1.12. The van der Waals surface area contributed by atoms with E-state index in [0.717, 1.165) is 0 Å². The molecule has 3 rings (SSSR count). The van der Waals surface area contributed by atoms with Gasteiger partial charge in [-0.1, -0.05) is 20.8 Å². The third kappa shape index (κ3) is 1.25. The number of hydrogen-bond acceptors (Lipinski definition) is 4. The Morgan fingerprint density at radius 1 is 1.05 bits per heavy atom. The number of nitrogens with zero attached hydrogens (tertiary/aromatic N) is 1. The van der Waals surface area contributed by atoms with Crippen LogP contribution in [0.5, 0.6) is 0 Å². The van der Waals surface area contributed by atoms with Gasteiger partial charge in [0.2, 0.25) is 17.5 Å². The molecule has 1 saturated heterocycles. The van der Waals surface area contributed by atoms with Crippen molar-refractivity contribution in [3.8, 4) is 0 Å². The number of carbonyl (C=O) groups is 3. The summed E-state index contributed by atoms with van der Waals surface area (Å²) >= 11 is 0. The fraction of sp³-hybridized carbons (Fsp3) is 0.800. The number of rotatable bonds is 1. The molecule has 20 heavy (non-hydrogen) atoms. The summed E-state index contributed by atoms with van der Waals surface area (Å²) in [6, 6.07) is 0. The van der Waals surface area contributed by atoms with Crippen molar-refractivity contribution in [2.24, 2.45) is 16.2 Å². The Morgan fingerprint density at radius 3 is 2.15 bits per heavy atom. The summed E-state index contributed by atoms with van der Waals surface area (Å²) in [7, 11) is 0. The molecule has 2 saturated carbocycles. The molecule has 1 aliphatic heterocycles. The fourth-order valence-corrected chi connectivity index (χ4v) is 4.28. The number of ether oxygens (including phenoxy) is 1. The van der Waals surface area contributed by atoms with Gasteiger partial charge in [0.1, 0.15) is 5.41 Å². The van der Waals surface area contributed by atoms with Gasteiger partial charge in [-0.15, -0.1) is 0 Å². The van der Waals surface area contributed by atoms with Crippen LogP contribution in [0.2, 0.25) is 0 Å². The normalized spacial score (nSPS) is 39.5. The van der Waals surface area contributed by atoms with E-state index in [1.54, 1.807) is 4.90 Å². The van der Waals surface area contributed by atoms with E-state index in [4.69, 9.17) is 4.74 Å². The van der Waals surface area contributed by atoms with Crippen molar-refractivity contribution in [2.75, 3.05) is 26.3 Å². The molecule has 2 atom stereocenters. The molecule has 0 aromatic rings. The van der Waals surface area contributed by atoms with E-state index < -0.39 is 22.0 Å². The lowest BCUT2D eigenvalue weighted by Gasteiger charge is -2.41. The highest BCUT2D eigenvalue weighted by atomic mass is 16.5. The molecule has 110 valence electrons. The second-order valence-corrected chi connectivity index (χ2v) is 6.93. The molecule has 0 N–H and O–H groups in total. The van der Waals surface area contributed by atoms with Crippen LogP contribution in [-0.4, -0.2) is 48.7 Å². The van der Waals surface area contributed by atoms with Gasteiger partial charge in [0.05, 0.1) is 13.2 Å². The zero-order valence-corrected chi connectivity index (χ0v) is 12.3. The predicted molar refractivity (Wildman–Crippen MR) is 71.0 cm³/mol. The van der Waals surface area contributed by atoms with Crippen LogP contribution in [0, 0.1) is 16.2 Å². The SMILES string of the molecule is CC1(C)[C@@]2(C(=O)N3CCOCC3)CC[C@@]1(C)C(=O)C2=O. The second kappa shape index (κ2) is 3.91. The molecule has 1 heterocycles. The summed E-state index contributed by atoms with van der Waals surface area (Å²) in [5.41, 5.74) is -2.44. The predicted octanol–water partition coefficient (Wildman–Crippen LogP) is 0.810. The molecule has 3 aliphatic rings. The van der Waals surface area contributed by atoms with Gasteiger partial charge in [-0.3, -0.25) is 14.4 Å². The topological polar surface area (TPSA) is 63.7 Å². The maximum atomic E-state index is 13.0. The van der Waals surface area contributed by atoms with Crippen LogP contribution in [0.4, 0.5) is 0 Å². The van der Waals surface area contributed by atoms with Crippen molar-refractivity contribution in [1.29, 1.82) is 0 Å². The molecule has 3 fully saturated rings. The van der Waals surface area contributed by atoms with Crippen LogP contribution < -0.4 is 0 Å². The highest BCUT2D eigenvalue weighted by Crippen LogP contribution is 2.69. The Kier molecular flexibility index (Phi) is 2.68. The molecular weight excluding hydrogens is 258 g/mol. The second-order valence-electron chi connectivity index (χ2n) is 6.93. The number of morpholine rings is 1. The molecule has 0 aromatic heterocycles. The largest absolute Gasteiger partial charge is 0.378 e. The number of Topliss-reactive ketones (excluding diaryl/α,β-unsaturated/α-hetero) is 2. The highest BCUT2D eigenvalue weighted by Gasteiger charge is 2.78. The van der Waals surface area contributed by atoms with E-state index in [-0.39, 0.29) is 11.7 Å². The Morgan fingerprint density at radius 2 is 1.65 bits per heavy atom. The molecule has 5 heteroatoms. The van der Waals surface area contributed by atoms with Crippen LogP contribution in [0.1, 0.15) is 33.6 Å². The number of hydrogen-bond donors (Lipinski definition) is 0. The average molecular weight is 279 g/mol. The van der Waals surface area contributed by atoms with Crippen LogP contribution >= 0.6 is 0 Å². The van der Waals surface area contributed by atoms with Crippen LogP contribution in [-0.2, 0) is 19.1 Å². The van der Waals surface area contributed by atoms with E-state index >= 15 is 0 Å². The number of fused-ring (bicyclic) bond motifs is 2. The van der Waals surface area contributed by atoms with E-state index in [1.165, 1.54) is 0 Å². The lowest BCUT2D eigenvalue weighted by Crippen LogP contribution is -2.54. The molecule has 5 nitrogen and oxygen atoms in total. The first kappa shape index (κ1) is 13.7. The van der Waals surface area contributed by atoms with Crippen LogP contribution in [0.25, 0.3) is 0 Å². The van der Waals surface area contributed by atoms with Crippen molar-refractivity contribution in [1.82, 2.24) is 4.90 Å². The first-order valence-electron chi connectivity index (χ1n) is 7.25. The Balaban J connectivity index is 2.04. The minimum Gasteiger partial charge on any atom is -0.378 e. The standard InChI is InChI=1S/C15H21NO4/c1-13(2)14(3)4-5-15(13,11(18)10(14)17)12(19)16-6-8-20-9-7-16/h4-9H2,1-3H3/t14-,15-/m0/s1. The third-order valence-electron chi connectivity index (χ3n) is 6.20. The van der Waals surface area contributed by atoms with Crippen molar-refractivity contribution in [3.63, 3.8) is 0 Å². The van der Waals surface area contributed by atoms with Gasteiger partial charge >= 0.3 is 0 Å². The number of carbonyl (C=O) groups excluding carboxylic acids is 3. The van der Waals surface area contributed by atoms with Crippen molar-refractivity contribution >= 4 is 17.5 Å². The quantitative estimate of drug-likeness (QED) is 0.526. The summed E-state index contributed by atoms with van der Waals surface area (Å²) in [6.45, 7) is 7.67. The summed E-state index contributed by atoms with van der Waals surface area (Å²) in [5, 5.41) is 0. The van der Waals surface area contributed by atoms with Crippen molar-refractivity contribution in [3.05, 3.63) is 0 Å². The lowest BCUT2D eigenvalue weighted by molar-refractivity contribution is -0.158. The van der Waals surface area contributed by atoms with E-state index in [1.807, 2.05) is 20.8 Å². The molecule has 2 bridgehead atoms. The van der Waals surface area contributed by atoms with Gasteiger partial charge in [0, 0.05) is 18.5 Å². The van der Waals surface area contributed by atoms with Crippen LogP contribution in [0.3, 0.4) is 0 Å². The maximum Gasteiger partial charge on any atom is 0.237 e. The summed E-state index contributed by atoms with van der Waals surface area (Å²) in [4.78, 5) is 39.6. The smallest absolute Gasteiger partial charge is 0.237 e. The van der Waals surface area contributed by atoms with Gasteiger partial charge in [-0.25, -0.2) is 0 Å². The molecule has 0 radical (unpaired) electrons. The minimum absolute atomic E-state index is 0.162. The van der Waals surface area contributed by atoms with Gasteiger partial charge in [-0.05, 0) is 18.3 Å². The molecule has 0 spiro atoms. The monoisotopic (exact) mass is 279 g/mol. The van der Waals surface area contributed by atoms with E-state index in [9.17, 15) is 14.4 Å². The maximum absolute atomic E-state index is 13.0. The zero-order chi connectivity index (χ0) is 14.8. The molecular formula is C15H21NO4. The summed E-state index contributed by atoms with van der Waals surface area (Å²) < 4.78 is 5.26. The Hall–Kier alpha value is -1.23. The Bertz CT molecular complexity index is 506. The van der Waals surface area contributed by atoms with Gasteiger partial charge < -0.3 is 9.64 Å². The van der Waals surface area contributed by atoms with E-state index in [0.29, 0.717) is 39.1 Å². The minimum atomic E-state index is -1.14. The summed E-state index contributed by atoms with van der Waals surface area (Å²) in [5.74, 6) is -0.978. The lowest BCUT2D eigenvalue weighted by atomic mass is 9.64. The average Bonchev–Trinajstić information content (AvgIpc) is 2.71. The van der Waals surface area contributed by atoms with E-state index in [2.05, 4.69) is 0 Å². The zero-order valence-electron chi connectivity index (χ0n) is 12.3. The van der Waals surface area contributed by atoms with Crippen molar-refractivity contribution in [2.45, 2.75) is 33.6 Å².